The molecule has 0 spiro atoms. The molecule has 1 aliphatic heterocycles. The van der Waals surface area contributed by atoms with Crippen molar-refractivity contribution in [2.75, 3.05) is 20.3 Å². The Morgan fingerprint density at radius 1 is 1.14 bits per heavy atom. The third kappa shape index (κ3) is 6.57. The molecule has 6 nitrogen and oxygen atoms in total. The highest BCUT2D eigenvalue weighted by Gasteiger charge is 2.49. The summed E-state index contributed by atoms with van der Waals surface area (Å²) in [6, 6.07) is -0.695. The van der Waals surface area contributed by atoms with E-state index in [1.54, 1.807) is 0 Å². The molecule has 29 heavy (non-hydrogen) atoms. The van der Waals surface area contributed by atoms with Crippen LogP contribution in [0.1, 0.15) is 54.9 Å². The zero-order chi connectivity index (χ0) is 22.8. The summed E-state index contributed by atoms with van der Waals surface area (Å²) in [4.78, 5) is 27.0. The molecular formula is C22H41NO5Si. The van der Waals surface area contributed by atoms with E-state index < -0.39 is 32.0 Å². The molecule has 1 rings (SSSR count). The van der Waals surface area contributed by atoms with Crippen LogP contribution in [-0.2, 0) is 18.7 Å². The number of carbonyl (C=O) groups is 2. The molecule has 0 aromatic carbocycles. The number of rotatable bonds is 6. The molecule has 1 aliphatic rings. The van der Waals surface area contributed by atoms with Gasteiger partial charge in [0.1, 0.15) is 11.6 Å². The van der Waals surface area contributed by atoms with Gasteiger partial charge < -0.3 is 13.9 Å². The lowest BCUT2D eigenvalue weighted by Gasteiger charge is -2.37. The highest BCUT2D eigenvalue weighted by molar-refractivity contribution is 6.74. The van der Waals surface area contributed by atoms with Crippen molar-refractivity contribution >= 4 is 20.4 Å². The van der Waals surface area contributed by atoms with E-state index >= 15 is 0 Å². The summed E-state index contributed by atoms with van der Waals surface area (Å²) in [5.41, 5.74) is 0.308. The monoisotopic (exact) mass is 427 g/mol. The number of likely N-dealkylation sites (tertiary alicyclic amines) is 1. The zero-order valence-electron chi connectivity index (χ0n) is 20.0. The van der Waals surface area contributed by atoms with Crippen LogP contribution in [-0.4, -0.2) is 57.2 Å². The predicted molar refractivity (Wildman–Crippen MR) is 118 cm³/mol. The van der Waals surface area contributed by atoms with Gasteiger partial charge in [0.15, 0.2) is 8.32 Å². The lowest BCUT2D eigenvalue weighted by molar-refractivity contribution is -0.147. The molecule has 1 saturated heterocycles. The highest BCUT2D eigenvalue weighted by Crippen LogP contribution is 2.40. The van der Waals surface area contributed by atoms with Crippen molar-refractivity contribution in [3.05, 3.63) is 12.2 Å². The van der Waals surface area contributed by atoms with Gasteiger partial charge in [-0.3, -0.25) is 4.90 Å². The summed E-state index contributed by atoms with van der Waals surface area (Å²) in [6.45, 7) is 23.5. The van der Waals surface area contributed by atoms with Gasteiger partial charge in [0, 0.05) is 25.0 Å². The zero-order valence-corrected chi connectivity index (χ0v) is 21.0. The van der Waals surface area contributed by atoms with Crippen LogP contribution in [0.5, 0.6) is 0 Å². The number of amides is 1. The van der Waals surface area contributed by atoms with Crippen LogP contribution in [0.2, 0.25) is 18.1 Å². The molecule has 1 fully saturated rings. The molecule has 0 aromatic rings. The quantitative estimate of drug-likeness (QED) is 0.339. The van der Waals surface area contributed by atoms with E-state index in [1.807, 2.05) is 27.7 Å². The van der Waals surface area contributed by atoms with E-state index in [4.69, 9.17) is 13.9 Å². The number of nitrogens with zero attached hydrogens (tertiary/aromatic N) is 1. The predicted octanol–water partition coefficient (Wildman–Crippen LogP) is 5.00. The van der Waals surface area contributed by atoms with Crippen molar-refractivity contribution in [1.82, 2.24) is 4.90 Å². The van der Waals surface area contributed by atoms with E-state index in [0.29, 0.717) is 19.6 Å². The first kappa shape index (κ1) is 25.7. The number of methoxy groups -OCH3 is 1. The molecule has 7 heteroatoms. The maximum atomic E-state index is 12.8. The highest BCUT2D eigenvalue weighted by atomic mass is 28.4. The van der Waals surface area contributed by atoms with Gasteiger partial charge >= 0.3 is 12.1 Å². The maximum absolute atomic E-state index is 12.8. The number of hydrogen-bond acceptors (Lipinski definition) is 5. The molecule has 168 valence electrons. The molecule has 0 unspecified atom stereocenters. The van der Waals surface area contributed by atoms with Crippen molar-refractivity contribution in [2.45, 2.75) is 84.7 Å². The average Bonchev–Trinajstić information content (AvgIpc) is 2.91. The van der Waals surface area contributed by atoms with Gasteiger partial charge in [-0.05, 0) is 52.2 Å². The SMILES string of the molecule is C=C(C)[C@H]1CN(C(=O)OC(C)(C)C)[C@H](C(=O)OC)[C@H]1CCO[Si](C)(C)C(C)(C)C. The summed E-state index contributed by atoms with van der Waals surface area (Å²) in [6.07, 6.45) is 0.162. The molecule has 0 aliphatic carbocycles. The largest absolute Gasteiger partial charge is 0.467 e. The van der Waals surface area contributed by atoms with Gasteiger partial charge in [0.2, 0.25) is 0 Å². The van der Waals surface area contributed by atoms with Crippen LogP contribution in [0.4, 0.5) is 4.79 Å². The molecule has 0 saturated carbocycles. The molecule has 0 bridgehead atoms. The topological polar surface area (TPSA) is 65.1 Å². The minimum absolute atomic E-state index is 0.00497. The standard InChI is InChI=1S/C22H41NO5Si/c1-15(2)17-14-23(20(25)28-21(3,4)5)18(19(24)26-9)16(17)12-13-27-29(10,11)22(6,7)8/h16-18H,1,12-14H2,2-11H3/t16-,17+,18-/m0/s1. The third-order valence-electron chi connectivity index (χ3n) is 6.08. The normalized spacial score (nSPS) is 23.1. The minimum atomic E-state index is -1.90. The summed E-state index contributed by atoms with van der Waals surface area (Å²) in [7, 11) is -0.544. The molecule has 1 heterocycles. The first-order valence-corrected chi connectivity index (χ1v) is 13.3. The fraction of sp³-hybridized carbons (Fsp3) is 0.818. The van der Waals surface area contributed by atoms with E-state index in [0.717, 1.165) is 5.57 Å². The number of hydrogen-bond donors (Lipinski definition) is 0. The smallest absolute Gasteiger partial charge is 0.411 e. The first-order chi connectivity index (χ1) is 13.0. The maximum Gasteiger partial charge on any atom is 0.411 e. The lowest BCUT2D eigenvalue weighted by atomic mass is 9.84. The molecule has 1 amide bonds. The van der Waals surface area contributed by atoms with Gasteiger partial charge in [-0.25, -0.2) is 9.59 Å². The van der Waals surface area contributed by atoms with E-state index in [2.05, 4.69) is 40.4 Å². The number of carbonyl (C=O) groups excluding carboxylic acids is 2. The van der Waals surface area contributed by atoms with E-state index in [1.165, 1.54) is 12.0 Å². The van der Waals surface area contributed by atoms with E-state index in [9.17, 15) is 9.59 Å². The molecule has 0 aromatic heterocycles. The van der Waals surface area contributed by atoms with E-state index in [-0.39, 0.29) is 16.9 Å². The summed E-state index contributed by atoms with van der Waals surface area (Å²) in [5.74, 6) is -0.538. The second-order valence-electron chi connectivity index (χ2n) is 10.6. The van der Waals surface area contributed by atoms with Crippen molar-refractivity contribution in [2.24, 2.45) is 11.8 Å². The van der Waals surface area contributed by atoms with Crippen LogP contribution in [0, 0.1) is 11.8 Å². The van der Waals surface area contributed by atoms with Crippen LogP contribution >= 0.6 is 0 Å². The van der Waals surface area contributed by atoms with Crippen LogP contribution < -0.4 is 0 Å². The Labute approximate surface area is 178 Å². The molecule has 3 atom stereocenters. The summed E-state index contributed by atoms with van der Waals surface area (Å²) < 4.78 is 17.0. The number of ether oxygens (including phenoxy) is 2. The Morgan fingerprint density at radius 2 is 1.69 bits per heavy atom. The second kappa shape index (κ2) is 9.21. The van der Waals surface area contributed by atoms with Gasteiger partial charge in [0.25, 0.3) is 0 Å². The average molecular weight is 428 g/mol. The second-order valence-corrected chi connectivity index (χ2v) is 15.4. The van der Waals surface area contributed by atoms with Gasteiger partial charge in [-0.15, -0.1) is 0 Å². The lowest BCUT2D eigenvalue weighted by Crippen LogP contribution is -2.46. The van der Waals surface area contributed by atoms with Crippen molar-refractivity contribution < 1.29 is 23.5 Å². The minimum Gasteiger partial charge on any atom is -0.467 e. The Bertz CT molecular complexity index is 618. The van der Waals surface area contributed by atoms with Gasteiger partial charge in [-0.2, -0.15) is 0 Å². The third-order valence-corrected chi connectivity index (χ3v) is 10.6. The van der Waals surface area contributed by atoms with Crippen molar-refractivity contribution in [3.63, 3.8) is 0 Å². The van der Waals surface area contributed by atoms with Crippen molar-refractivity contribution in [1.29, 1.82) is 0 Å². The fourth-order valence-electron chi connectivity index (χ4n) is 3.39. The Morgan fingerprint density at radius 3 is 2.10 bits per heavy atom. The fourth-order valence-corrected chi connectivity index (χ4v) is 4.45. The molecular weight excluding hydrogens is 386 g/mol. The molecule has 0 N–H and O–H groups in total. The number of esters is 1. The Hall–Kier alpha value is -1.34. The Balaban J connectivity index is 3.08. The first-order valence-electron chi connectivity index (χ1n) is 10.4. The van der Waals surface area contributed by atoms with Gasteiger partial charge in [0.05, 0.1) is 7.11 Å². The molecule has 0 radical (unpaired) electrons. The Kier molecular flexibility index (Phi) is 8.16. The van der Waals surface area contributed by atoms with Crippen molar-refractivity contribution in [3.8, 4) is 0 Å². The summed E-state index contributed by atoms with van der Waals surface area (Å²) in [5, 5.41) is 0.112. The summed E-state index contributed by atoms with van der Waals surface area (Å²) >= 11 is 0. The van der Waals surface area contributed by atoms with Crippen LogP contribution in [0.15, 0.2) is 12.2 Å². The van der Waals surface area contributed by atoms with Crippen LogP contribution in [0.25, 0.3) is 0 Å². The van der Waals surface area contributed by atoms with Gasteiger partial charge in [-0.1, -0.05) is 32.9 Å². The van der Waals surface area contributed by atoms with Crippen LogP contribution in [0.3, 0.4) is 0 Å².